The van der Waals surface area contributed by atoms with Crippen LogP contribution in [-0.2, 0) is 14.8 Å². The third kappa shape index (κ3) is 2.68. The Hall–Kier alpha value is -0.890. The summed E-state index contributed by atoms with van der Waals surface area (Å²) in [6, 6.07) is 1.48. The number of aromatic amines is 1. The lowest BCUT2D eigenvalue weighted by Gasteiger charge is -2.35. The van der Waals surface area contributed by atoms with Crippen LogP contribution in [0, 0.1) is 0 Å². The van der Waals surface area contributed by atoms with Gasteiger partial charge in [-0.1, -0.05) is 0 Å². The highest BCUT2D eigenvalue weighted by Crippen LogP contribution is 2.23. The molecular formula is C10H16N2O4S. The van der Waals surface area contributed by atoms with Crippen LogP contribution < -0.4 is 4.72 Å². The Kier molecular flexibility index (Phi) is 3.53. The minimum atomic E-state index is -3.58. The topological polar surface area (TPSA) is 91.4 Å². The van der Waals surface area contributed by atoms with Crippen molar-refractivity contribution in [2.75, 3.05) is 19.8 Å². The number of aliphatic hydroxyl groups excluding tert-OH is 1. The van der Waals surface area contributed by atoms with E-state index in [1.807, 2.05) is 0 Å². The van der Waals surface area contributed by atoms with Gasteiger partial charge in [0, 0.05) is 25.6 Å². The fourth-order valence-electron chi connectivity index (χ4n) is 1.87. The van der Waals surface area contributed by atoms with Gasteiger partial charge in [0.25, 0.3) is 0 Å². The van der Waals surface area contributed by atoms with Gasteiger partial charge in [0.1, 0.15) is 0 Å². The van der Waals surface area contributed by atoms with E-state index in [2.05, 4.69) is 9.71 Å². The Morgan fingerprint density at radius 2 is 2.18 bits per heavy atom. The maximum absolute atomic E-state index is 12.0. The summed E-state index contributed by atoms with van der Waals surface area (Å²) >= 11 is 0. The molecule has 1 fully saturated rings. The molecule has 96 valence electrons. The van der Waals surface area contributed by atoms with Gasteiger partial charge in [-0.2, -0.15) is 0 Å². The SMILES string of the molecule is O=S(=O)(NC1(CO)CCOCC1)c1cc[nH]c1. The highest BCUT2D eigenvalue weighted by molar-refractivity contribution is 7.89. The molecule has 1 aliphatic heterocycles. The summed E-state index contributed by atoms with van der Waals surface area (Å²) in [5.41, 5.74) is -0.797. The molecule has 0 aliphatic carbocycles. The van der Waals surface area contributed by atoms with E-state index in [0.717, 1.165) is 0 Å². The van der Waals surface area contributed by atoms with Gasteiger partial charge >= 0.3 is 0 Å². The summed E-state index contributed by atoms with van der Waals surface area (Å²) in [7, 11) is -3.58. The van der Waals surface area contributed by atoms with Gasteiger partial charge in [0.2, 0.25) is 10.0 Å². The van der Waals surface area contributed by atoms with Crippen LogP contribution in [0.2, 0.25) is 0 Å². The standard InChI is InChI=1S/C10H16N2O4S/c13-8-10(2-5-16-6-3-10)12-17(14,15)9-1-4-11-7-9/h1,4,7,11-13H,2-3,5-6,8H2. The van der Waals surface area contributed by atoms with Crippen LogP contribution >= 0.6 is 0 Å². The fraction of sp³-hybridized carbons (Fsp3) is 0.600. The summed E-state index contributed by atoms with van der Waals surface area (Å²) in [4.78, 5) is 2.87. The number of H-pyrrole nitrogens is 1. The molecule has 2 rings (SSSR count). The molecule has 6 nitrogen and oxygen atoms in total. The average molecular weight is 260 g/mol. The molecule has 1 saturated heterocycles. The largest absolute Gasteiger partial charge is 0.394 e. The molecule has 0 spiro atoms. The van der Waals surface area contributed by atoms with Crippen molar-refractivity contribution in [2.24, 2.45) is 0 Å². The zero-order valence-corrected chi connectivity index (χ0v) is 10.2. The zero-order chi connectivity index (χ0) is 12.4. The second kappa shape index (κ2) is 4.77. The first-order valence-corrected chi connectivity index (χ1v) is 6.92. The first kappa shape index (κ1) is 12.6. The molecule has 17 heavy (non-hydrogen) atoms. The predicted molar refractivity (Wildman–Crippen MR) is 61.0 cm³/mol. The zero-order valence-electron chi connectivity index (χ0n) is 9.35. The fourth-order valence-corrected chi connectivity index (χ4v) is 3.30. The summed E-state index contributed by atoms with van der Waals surface area (Å²) < 4.78 is 31.8. The molecule has 0 atom stereocenters. The normalized spacial score (nSPS) is 20.3. The van der Waals surface area contributed by atoms with Crippen molar-refractivity contribution in [1.29, 1.82) is 0 Å². The van der Waals surface area contributed by atoms with Crippen molar-refractivity contribution >= 4 is 10.0 Å². The van der Waals surface area contributed by atoms with Gasteiger partial charge in [-0.25, -0.2) is 13.1 Å². The number of sulfonamides is 1. The maximum atomic E-state index is 12.0. The Balaban J connectivity index is 2.19. The monoisotopic (exact) mass is 260 g/mol. The number of hydrogen-bond acceptors (Lipinski definition) is 4. The van der Waals surface area contributed by atoms with E-state index in [0.29, 0.717) is 26.1 Å². The summed E-state index contributed by atoms with van der Waals surface area (Å²) in [6.45, 7) is 0.687. The molecule has 0 bridgehead atoms. The van der Waals surface area contributed by atoms with Gasteiger partial charge in [0.05, 0.1) is 17.0 Å². The van der Waals surface area contributed by atoms with Crippen molar-refractivity contribution in [3.63, 3.8) is 0 Å². The van der Waals surface area contributed by atoms with E-state index in [1.165, 1.54) is 12.3 Å². The van der Waals surface area contributed by atoms with E-state index in [4.69, 9.17) is 4.74 Å². The second-order valence-electron chi connectivity index (χ2n) is 4.20. The van der Waals surface area contributed by atoms with E-state index < -0.39 is 15.6 Å². The number of hydrogen-bond donors (Lipinski definition) is 3. The smallest absolute Gasteiger partial charge is 0.242 e. The summed E-state index contributed by atoms with van der Waals surface area (Å²) in [5.74, 6) is 0. The van der Waals surface area contributed by atoms with Gasteiger partial charge in [-0.3, -0.25) is 0 Å². The van der Waals surface area contributed by atoms with Gasteiger partial charge in [-0.05, 0) is 18.9 Å². The van der Waals surface area contributed by atoms with Gasteiger partial charge < -0.3 is 14.8 Å². The van der Waals surface area contributed by atoms with Crippen LogP contribution in [0.5, 0.6) is 0 Å². The predicted octanol–water partition coefficient (Wildman–Crippen LogP) is -0.166. The Bertz CT molecular complexity index is 449. The van der Waals surface area contributed by atoms with E-state index in [1.54, 1.807) is 6.20 Å². The molecule has 1 aromatic rings. The lowest BCUT2D eigenvalue weighted by atomic mass is 9.93. The molecular weight excluding hydrogens is 244 g/mol. The minimum absolute atomic E-state index is 0.178. The van der Waals surface area contributed by atoms with Crippen molar-refractivity contribution in [3.8, 4) is 0 Å². The molecule has 0 saturated carbocycles. The van der Waals surface area contributed by atoms with Crippen LogP contribution in [-0.4, -0.2) is 43.9 Å². The number of nitrogens with one attached hydrogen (secondary N) is 2. The molecule has 7 heteroatoms. The lowest BCUT2D eigenvalue weighted by Crippen LogP contribution is -2.54. The van der Waals surface area contributed by atoms with Crippen LogP contribution in [0.15, 0.2) is 23.4 Å². The van der Waals surface area contributed by atoms with Gasteiger partial charge in [0.15, 0.2) is 0 Å². The van der Waals surface area contributed by atoms with Crippen LogP contribution in [0.25, 0.3) is 0 Å². The third-order valence-corrected chi connectivity index (χ3v) is 4.56. The van der Waals surface area contributed by atoms with Crippen molar-refractivity contribution in [3.05, 3.63) is 18.5 Å². The molecule has 0 amide bonds. The first-order valence-electron chi connectivity index (χ1n) is 5.43. The maximum Gasteiger partial charge on any atom is 0.242 e. The Labute approximate surface area is 100 Å². The number of ether oxygens (including phenoxy) is 1. The van der Waals surface area contributed by atoms with Gasteiger partial charge in [-0.15, -0.1) is 0 Å². The van der Waals surface area contributed by atoms with Crippen molar-refractivity contribution in [1.82, 2.24) is 9.71 Å². The summed E-state index contributed by atoms with van der Waals surface area (Å²) in [6.07, 6.45) is 3.91. The van der Waals surface area contributed by atoms with Crippen molar-refractivity contribution < 1.29 is 18.3 Å². The Morgan fingerprint density at radius 3 is 2.71 bits per heavy atom. The lowest BCUT2D eigenvalue weighted by molar-refractivity contribution is 0.0223. The van der Waals surface area contributed by atoms with Crippen LogP contribution in [0.4, 0.5) is 0 Å². The highest BCUT2D eigenvalue weighted by atomic mass is 32.2. The molecule has 1 aliphatic rings. The first-order chi connectivity index (χ1) is 8.08. The molecule has 1 aromatic heterocycles. The molecule has 0 aromatic carbocycles. The molecule has 3 N–H and O–H groups in total. The molecule has 2 heterocycles. The summed E-state index contributed by atoms with van der Waals surface area (Å²) in [5, 5.41) is 9.41. The molecule has 0 radical (unpaired) electrons. The second-order valence-corrected chi connectivity index (χ2v) is 5.89. The average Bonchev–Trinajstić information content (AvgIpc) is 2.84. The van der Waals surface area contributed by atoms with Crippen LogP contribution in [0.3, 0.4) is 0 Å². The van der Waals surface area contributed by atoms with Crippen molar-refractivity contribution in [2.45, 2.75) is 23.3 Å². The number of aromatic nitrogens is 1. The third-order valence-electron chi connectivity index (χ3n) is 2.98. The minimum Gasteiger partial charge on any atom is -0.394 e. The van der Waals surface area contributed by atoms with E-state index >= 15 is 0 Å². The number of rotatable bonds is 4. The quantitative estimate of drug-likeness (QED) is 0.701. The molecule has 0 unspecified atom stereocenters. The van der Waals surface area contributed by atoms with E-state index in [-0.39, 0.29) is 11.5 Å². The van der Waals surface area contributed by atoms with Crippen LogP contribution in [0.1, 0.15) is 12.8 Å². The number of aliphatic hydroxyl groups is 1. The Morgan fingerprint density at radius 1 is 1.47 bits per heavy atom. The van der Waals surface area contributed by atoms with E-state index in [9.17, 15) is 13.5 Å². The highest BCUT2D eigenvalue weighted by Gasteiger charge is 2.36.